The maximum Gasteiger partial charge on any atom is 0.306 e. The lowest BCUT2D eigenvalue weighted by atomic mass is 9.74. The monoisotopic (exact) mass is 291 g/mol. The van der Waals surface area contributed by atoms with Gasteiger partial charge in [-0.05, 0) is 24.3 Å². The standard InChI is InChI=1S/C16H21NO4/c1-16(2)7-13-10(3-4-21-13)8-17(9-16)14(18)11-5-12(6-11)15(19)20/h3-4,11-12H,5-9H2,1-2H3,(H,19,20). The average molecular weight is 291 g/mol. The fourth-order valence-electron chi connectivity index (χ4n) is 3.37. The Hall–Kier alpha value is -1.78. The van der Waals surface area contributed by atoms with Gasteiger partial charge >= 0.3 is 5.97 Å². The smallest absolute Gasteiger partial charge is 0.306 e. The van der Waals surface area contributed by atoms with Crippen LogP contribution in [0.5, 0.6) is 0 Å². The van der Waals surface area contributed by atoms with Gasteiger partial charge in [-0.25, -0.2) is 0 Å². The fraction of sp³-hybridized carbons (Fsp3) is 0.625. The van der Waals surface area contributed by atoms with Gasteiger partial charge in [0.25, 0.3) is 0 Å². The third-order valence-electron chi connectivity index (χ3n) is 4.61. The first kappa shape index (κ1) is 14.2. The van der Waals surface area contributed by atoms with Crippen LogP contribution in [-0.2, 0) is 22.6 Å². The molecule has 1 aliphatic heterocycles. The second kappa shape index (κ2) is 4.90. The van der Waals surface area contributed by atoms with Crippen LogP contribution in [0, 0.1) is 17.3 Å². The van der Waals surface area contributed by atoms with Crippen molar-refractivity contribution in [3.63, 3.8) is 0 Å². The number of carbonyl (C=O) groups is 2. The number of hydrogen-bond acceptors (Lipinski definition) is 3. The topological polar surface area (TPSA) is 70.8 Å². The van der Waals surface area contributed by atoms with E-state index < -0.39 is 5.97 Å². The summed E-state index contributed by atoms with van der Waals surface area (Å²) >= 11 is 0. The van der Waals surface area contributed by atoms with E-state index in [1.807, 2.05) is 11.0 Å². The summed E-state index contributed by atoms with van der Waals surface area (Å²) in [4.78, 5) is 25.4. The van der Waals surface area contributed by atoms with Crippen LogP contribution in [-0.4, -0.2) is 28.4 Å². The first-order chi connectivity index (χ1) is 9.85. The summed E-state index contributed by atoms with van der Waals surface area (Å²) in [6.07, 6.45) is 3.45. The molecule has 0 bridgehead atoms. The summed E-state index contributed by atoms with van der Waals surface area (Å²) in [5, 5.41) is 8.94. The number of carboxylic acid groups (broad SMARTS) is 1. The number of hydrogen-bond donors (Lipinski definition) is 1. The van der Waals surface area contributed by atoms with Crippen LogP contribution in [0.25, 0.3) is 0 Å². The summed E-state index contributed by atoms with van der Waals surface area (Å²) < 4.78 is 5.53. The van der Waals surface area contributed by atoms with Crippen LogP contribution in [0.1, 0.15) is 38.0 Å². The molecule has 0 spiro atoms. The Kier molecular flexibility index (Phi) is 3.30. The third-order valence-corrected chi connectivity index (χ3v) is 4.61. The van der Waals surface area contributed by atoms with Crippen molar-refractivity contribution in [3.05, 3.63) is 23.7 Å². The molecular weight excluding hydrogens is 270 g/mol. The zero-order valence-electron chi connectivity index (χ0n) is 12.5. The predicted molar refractivity (Wildman–Crippen MR) is 75.5 cm³/mol. The Labute approximate surface area is 123 Å². The highest BCUT2D eigenvalue weighted by Gasteiger charge is 2.42. The molecule has 114 valence electrons. The molecule has 0 unspecified atom stereocenters. The minimum absolute atomic E-state index is 0.0330. The van der Waals surface area contributed by atoms with Gasteiger partial charge in [0.2, 0.25) is 5.91 Å². The van der Waals surface area contributed by atoms with Crippen molar-refractivity contribution in [2.45, 2.75) is 39.7 Å². The molecule has 0 aromatic carbocycles. The van der Waals surface area contributed by atoms with Gasteiger partial charge in [0, 0.05) is 31.0 Å². The number of nitrogens with zero attached hydrogens (tertiary/aromatic N) is 1. The largest absolute Gasteiger partial charge is 0.481 e. The molecule has 0 radical (unpaired) electrons. The molecule has 2 aliphatic rings. The number of carbonyl (C=O) groups excluding carboxylic acids is 1. The van der Waals surface area contributed by atoms with E-state index in [0.717, 1.165) is 17.7 Å². The molecular formula is C16H21NO4. The molecule has 1 aromatic heterocycles. The normalized spacial score (nSPS) is 27.4. The van der Waals surface area contributed by atoms with Gasteiger partial charge in [-0.1, -0.05) is 13.8 Å². The molecule has 3 rings (SSSR count). The summed E-state index contributed by atoms with van der Waals surface area (Å²) in [5.41, 5.74) is 1.04. The number of furan rings is 1. The Balaban J connectivity index is 1.73. The SMILES string of the molecule is CC1(C)Cc2occc2CN(C(=O)C2CC(C(=O)O)C2)C1. The van der Waals surface area contributed by atoms with E-state index in [1.165, 1.54) is 0 Å². The zero-order valence-corrected chi connectivity index (χ0v) is 12.5. The van der Waals surface area contributed by atoms with Gasteiger partial charge in [0.05, 0.1) is 12.2 Å². The number of rotatable bonds is 2. The maximum atomic E-state index is 12.6. The Morgan fingerprint density at radius 2 is 2.05 bits per heavy atom. The first-order valence-electron chi connectivity index (χ1n) is 7.42. The molecule has 5 heteroatoms. The quantitative estimate of drug-likeness (QED) is 0.907. The molecule has 1 saturated carbocycles. The van der Waals surface area contributed by atoms with Crippen LogP contribution >= 0.6 is 0 Å². The molecule has 2 heterocycles. The second-order valence-electron chi connectivity index (χ2n) is 7.11. The molecule has 21 heavy (non-hydrogen) atoms. The maximum absolute atomic E-state index is 12.6. The molecule has 0 saturated heterocycles. The highest BCUT2D eigenvalue weighted by Crippen LogP contribution is 2.38. The Morgan fingerprint density at radius 3 is 2.71 bits per heavy atom. The number of aliphatic carboxylic acids is 1. The minimum atomic E-state index is -0.785. The summed E-state index contributed by atoms with van der Waals surface area (Å²) in [6, 6.07) is 1.93. The molecule has 0 atom stereocenters. The number of fused-ring (bicyclic) bond motifs is 1. The Morgan fingerprint density at radius 1 is 1.33 bits per heavy atom. The highest BCUT2D eigenvalue weighted by molar-refractivity contribution is 5.83. The van der Waals surface area contributed by atoms with Crippen LogP contribution in [0.3, 0.4) is 0 Å². The highest BCUT2D eigenvalue weighted by atomic mass is 16.4. The molecule has 1 N–H and O–H groups in total. The van der Waals surface area contributed by atoms with Crippen molar-refractivity contribution >= 4 is 11.9 Å². The number of carboxylic acids is 1. The van der Waals surface area contributed by atoms with Crippen molar-refractivity contribution < 1.29 is 19.1 Å². The van der Waals surface area contributed by atoms with Crippen molar-refractivity contribution in [1.29, 1.82) is 0 Å². The molecule has 5 nitrogen and oxygen atoms in total. The lowest BCUT2D eigenvalue weighted by Crippen LogP contribution is -2.45. The van der Waals surface area contributed by atoms with E-state index in [1.54, 1.807) is 6.26 Å². The Bertz CT molecular complexity index is 569. The van der Waals surface area contributed by atoms with Gasteiger partial charge in [-0.15, -0.1) is 0 Å². The fourth-order valence-corrected chi connectivity index (χ4v) is 3.37. The number of amides is 1. The van der Waals surface area contributed by atoms with Gasteiger partial charge in [0.1, 0.15) is 5.76 Å². The van der Waals surface area contributed by atoms with Crippen molar-refractivity contribution in [3.8, 4) is 0 Å². The van der Waals surface area contributed by atoms with E-state index in [9.17, 15) is 9.59 Å². The van der Waals surface area contributed by atoms with Crippen molar-refractivity contribution in [2.24, 2.45) is 17.3 Å². The van der Waals surface area contributed by atoms with Crippen LogP contribution in [0.4, 0.5) is 0 Å². The molecule has 1 amide bonds. The summed E-state index contributed by atoms with van der Waals surface area (Å²) in [7, 11) is 0. The summed E-state index contributed by atoms with van der Waals surface area (Å²) in [6.45, 7) is 5.52. The van der Waals surface area contributed by atoms with Crippen molar-refractivity contribution in [1.82, 2.24) is 4.90 Å². The van der Waals surface area contributed by atoms with Crippen LogP contribution in [0.2, 0.25) is 0 Å². The van der Waals surface area contributed by atoms with Gasteiger partial charge in [-0.3, -0.25) is 9.59 Å². The predicted octanol–water partition coefficient (Wildman–Crippen LogP) is 2.30. The lowest BCUT2D eigenvalue weighted by molar-refractivity contribution is -0.152. The van der Waals surface area contributed by atoms with Gasteiger partial charge in [-0.2, -0.15) is 0 Å². The van der Waals surface area contributed by atoms with Gasteiger partial charge in [0.15, 0.2) is 0 Å². The van der Waals surface area contributed by atoms with Crippen LogP contribution in [0.15, 0.2) is 16.7 Å². The van der Waals surface area contributed by atoms with E-state index >= 15 is 0 Å². The van der Waals surface area contributed by atoms with Crippen LogP contribution < -0.4 is 0 Å². The van der Waals surface area contributed by atoms with Crippen molar-refractivity contribution in [2.75, 3.05) is 6.54 Å². The van der Waals surface area contributed by atoms with Gasteiger partial charge < -0.3 is 14.4 Å². The summed E-state index contributed by atoms with van der Waals surface area (Å²) in [5.74, 6) is -0.201. The second-order valence-corrected chi connectivity index (χ2v) is 7.11. The minimum Gasteiger partial charge on any atom is -0.481 e. The first-order valence-corrected chi connectivity index (χ1v) is 7.42. The lowest BCUT2D eigenvalue weighted by Gasteiger charge is -2.37. The van der Waals surface area contributed by atoms with E-state index in [-0.39, 0.29) is 23.2 Å². The van der Waals surface area contributed by atoms with E-state index in [4.69, 9.17) is 9.52 Å². The molecule has 1 aliphatic carbocycles. The molecule has 1 aromatic rings. The van der Waals surface area contributed by atoms with E-state index in [0.29, 0.717) is 25.9 Å². The zero-order chi connectivity index (χ0) is 15.2. The van der Waals surface area contributed by atoms with E-state index in [2.05, 4.69) is 13.8 Å². The third kappa shape index (κ3) is 2.69. The molecule has 1 fully saturated rings. The average Bonchev–Trinajstić information content (AvgIpc) is 2.66.